The molecule has 0 saturated carbocycles. The topological polar surface area (TPSA) is 47.0 Å². The maximum absolute atomic E-state index is 5.57. The standard InChI is InChI=1S/C16H19N3O/c1-2-6-19-16(14-9-17-11-18-10-14)13-3-4-15-12(8-13)5-7-20-15/h3-4,8-11,16,19H,2,5-7H2,1H3. The molecule has 1 aliphatic rings. The molecule has 0 radical (unpaired) electrons. The number of nitrogens with one attached hydrogen (secondary N) is 1. The second kappa shape index (κ2) is 6.01. The van der Waals surface area contributed by atoms with Crippen LogP contribution in [0.4, 0.5) is 0 Å². The number of rotatable bonds is 5. The predicted molar refractivity (Wildman–Crippen MR) is 77.8 cm³/mol. The minimum Gasteiger partial charge on any atom is -0.493 e. The Morgan fingerprint density at radius 3 is 2.90 bits per heavy atom. The fourth-order valence-electron chi connectivity index (χ4n) is 2.56. The first-order chi connectivity index (χ1) is 9.88. The number of hydrogen-bond acceptors (Lipinski definition) is 4. The highest BCUT2D eigenvalue weighted by Gasteiger charge is 2.18. The van der Waals surface area contributed by atoms with Crippen LogP contribution in [0, 0.1) is 0 Å². The zero-order chi connectivity index (χ0) is 13.8. The minimum absolute atomic E-state index is 0.141. The summed E-state index contributed by atoms with van der Waals surface area (Å²) in [4.78, 5) is 8.27. The molecule has 1 aromatic carbocycles. The van der Waals surface area contributed by atoms with Crippen molar-refractivity contribution in [3.05, 3.63) is 53.6 Å². The zero-order valence-corrected chi connectivity index (χ0v) is 11.7. The van der Waals surface area contributed by atoms with Crippen molar-refractivity contribution in [3.63, 3.8) is 0 Å². The molecule has 4 nitrogen and oxygen atoms in total. The molecule has 3 rings (SSSR count). The van der Waals surface area contributed by atoms with Crippen molar-refractivity contribution in [1.82, 2.24) is 15.3 Å². The summed E-state index contributed by atoms with van der Waals surface area (Å²) in [6.07, 6.45) is 7.41. The average Bonchev–Trinajstić information content (AvgIpc) is 2.96. The number of hydrogen-bond donors (Lipinski definition) is 1. The summed E-state index contributed by atoms with van der Waals surface area (Å²) in [5, 5.41) is 3.57. The molecule has 4 heteroatoms. The molecular formula is C16H19N3O. The third kappa shape index (κ3) is 2.65. The van der Waals surface area contributed by atoms with Gasteiger partial charge in [-0.05, 0) is 30.2 Å². The quantitative estimate of drug-likeness (QED) is 0.906. The third-order valence-electron chi connectivity index (χ3n) is 3.56. The summed E-state index contributed by atoms with van der Waals surface area (Å²) in [6, 6.07) is 6.58. The first-order valence-electron chi connectivity index (χ1n) is 7.12. The molecule has 0 fully saturated rings. The van der Waals surface area contributed by atoms with Crippen LogP contribution < -0.4 is 10.1 Å². The van der Waals surface area contributed by atoms with Crippen molar-refractivity contribution < 1.29 is 4.74 Å². The monoisotopic (exact) mass is 269 g/mol. The smallest absolute Gasteiger partial charge is 0.122 e. The summed E-state index contributed by atoms with van der Waals surface area (Å²) in [7, 11) is 0. The van der Waals surface area contributed by atoms with Crippen LogP contribution in [-0.2, 0) is 6.42 Å². The van der Waals surface area contributed by atoms with Gasteiger partial charge in [0.25, 0.3) is 0 Å². The van der Waals surface area contributed by atoms with Crippen molar-refractivity contribution in [3.8, 4) is 5.75 Å². The lowest BCUT2D eigenvalue weighted by Crippen LogP contribution is -2.23. The van der Waals surface area contributed by atoms with Crippen LogP contribution in [0.3, 0.4) is 0 Å². The number of nitrogens with zero attached hydrogens (tertiary/aromatic N) is 2. The Balaban J connectivity index is 1.92. The summed E-state index contributed by atoms with van der Waals surface area (Å²) in [5.74, 6) is 1.02. The van der Waals surface area contributed by atoms with Crippen molar-refractivity contribution in [2.24, 2.45) is 0 Å². The second-order valence-corrected chi connectivity index (χ2v) is 5.02. The SMILES string of the molecule is CCCNC(c1cncnc1)c1ccc2c(c1)CCO2. The van der Waals surface area contributed by atoms with Crippen LogP contribution in [0.5, 0.6) is 5.75 Å². The van der Waals surface area contributed by atoms with Crippen LogP contribution in [0.15, 0.2) is 36.9 Å². The van der Waals surface area contributed by atoms with Gasteiger partial charge in [0.05, 0.1) is 12.6 Å². The molecular weight excluding hydrogens is 250 g/mol. The van der Waals surface area contributed by atoms with E-state index in [-0.39, 0.29) is 6.04 Å². The van der Waals surface area contributed by atoms with Gasteiger partial charge in [-0.1, -0.05) is 19.1 Å². The fourth-order valence-corrected chi connectivity index (χ4v) is 2.56. The van der Waals surface area contributed by atoms with Gasteiger partial charge in [0.2, 0.25) is 0 Å². The molecule has 1 atom stereocenters. The van der Waals surface area contributed by atoms with Gasteiger partial charge in [-0.2, -0.15) is 0 Å². The van der Waals surface area contributed by atoms with E-state index in [9.17, 15) is 0 Å². The normalized spacial score (nSPS) is 14.7. The Kier molecular flexibility index (Phi) is 3.92. The molecule has 0 aliphatic carbocycles. The van der Waals surface area contributed by atoms with Crippen LogP contribution in [0.25, 0.3) is 0 Å². The zero-order valence-electron chi connectivity index (χ0n) is 11.7. The van der Waals surface area contributed by atoms with Crippen molar-refractivity contribution in [1.29, 1.82) is 0 Å². The Morgan fingerprint density at radius 2 is 2.10 bits per heavy atom. The average molecular weight is 269 g/mol. The molecule has 20 heavy (non-hydrogen) atoms. The molecule has 0 spiro atoms. The third-order valence-corrected chi connectivity index (χ3v) is 3.56. The maximum atomic E-state index is 5.57. The van der Waals surface area contributed by atoms with Crippen molar-refractivity contribution in [2.75, 3.05) is 13.2 Å². The fraction of sp³-hybridized carbons (Fsp3) is 0.375. The number of ether oxygens (including phenoxy) is 1. The first-order valence-corrected chi connectivity index (χ1v) is 7.12. The van der Waals surface area contributed by atoms with Crippen LogP contribution in [0.2, 0.25) is 0 Å². The van der Waals surface area contributed by atoms with Crippen LogP contribution >= 0.6 is 0 Å². The Morgan fingerprint density at radius 1 is 1.25 bits per heavy atom. The Bertz CT molecular complexity index is 571. The van der Waals surface area contributed by atoms with E-state index in [0.29, 0.717) is 0 Å². The van der Waals surface area contributed by atoms with Gasteiger partial charge >= 0.3 is 0 Å². The highest BCUT2D eigenvalue weighted by Crippen LogP contribution is 2.30. The van der Waals surface area contributed by atoms with Gasteiger partial charge in [0.1, 0.15) is 12.1 Å². The summed E-state index contributed by atoms with van der Waals surface area (Å²) in [6.45, 7) is 3.93. The summed E-state index contributed by atoms with van der Waals surface area (Å²) < 4.78 is 5.57. The molecule has 104 valence electrons. The van der Waals surface area contributed by atoms with E-state index in [1.165, 1.54) is 11.1 Å². The predicted octanol–water partition coefficient (Wildman–Crippen LogP) is 2.50. The van der Waals surface area contributed by atoms with E-state index in [0.717, 1.165) is 37.3 Å². The molecule has 2 heterocycles. The van der Waals surface area contributed by atoms with E-state index in [4.69, 9.17) is 4.74 Å². The van der Waals surface area contributed by atoms with Gasteiger partial charge < -0.3 is 10.1 Å². The van der Waals surface area contributed by atoms with E-state index in [2.05, 4.69) is 40.4 Å². The highest BCUT2D eigenvalue weighted by atomic mass is 16.5. The number of fused-ring (bicyclic) bond motifs is 1. The Labute approximate surface area is 119 Å². The van der Waals surface area contributed by atoms with E-state index in [1.807, 2.05) is 12.4 Å². The largest absolute Gasteiger partial charge is 0.493 e. The molecule has 0 bridgehead atoms. The molecule has 0 saturated heterocycles. The molecule has 1 unspecified atom stereocenters. The molecule has 1 aromatic heterocycles. The molecule has 2 aromatic rings. The van der Waals surface area contributed by atoms with Gasteiger partial charge in [-0.25, -0.2) is 9.97 Å². The van der Waals surface area contributed by atoms with E-state index in [1.54, 1.807) is 6.33 Å². The lowest BCUT2D eigenvalue weighted by atomic mass is 9.98. The number of aromatic nitrogens is 2. The summed E-state index contributed by atoms with van der Waals surface area (Å²) >= 11 is 0. The lowest BCUT2D eigenvalue weighted by Gasteiger charge is -2.19. The van der Waals surface area contributed by atoms with Gasteiger partial charge in [-0.15, -0.1) is 0 Å². The Hall–Kier alpha value is -1.94. The maximum Gasteiger partial charge on any atom is 0.122 e. The van der Waals surface area contributed by atoms with Gasteiger partial charge in [0, 0.05) is 24.4 Å². The second-order valence-electron chi connectivity index (χ2n) is 5.02. The first kappa shape index (κ1) is 13.1. The molecule has 1 aliphatic heterocycles. The van der Waals surface area contributed by atoms with Crippen LogP contribution in [0.1, 0.15) is 36.1 Å². The minimum atomic E-state index is 0.141. The van der Waals surface area contributed by atoms with Gasteiger partial charge in [-0.3, -0.25) is 0 Å². The van der Waals surface area contributed by atoms with E-state index >= 15 is 0 Å². The van der Waals surface area contributed by atoms with Crippen molar-refractivity contribution in [2.45, 2.75) is 25.8 Å². The van der Waals surface area contributed by atoms with E-state index < -0.39 is 0 Å². The molecule has 0 amide bonds. The number of benzene rings is 1. The van der Waals surface area contributed by atoms with Gasteiger partial charge in [0.15, 0.2) is 0 Å². The van der Waals surface area contributed by atoms with Crippen LogP contribution in [-0.4, -0.2) is 23.1 Å². The molecule has 1 N–H and O–H groups in total. The highest BCUT2D eigenvalue weighted by molar-refractivity contribution is 5.42. The lowest BCUT2D eigenvalue weighted by molar-refractivity contribution is 0.357. The summed E-state index contributed by atoms with van der Waals surface area (Å²) in [5.41, 5.74) is 3.64. The van der Waals surface area contributed by atoms with Crippen molar-refractivity contribution >= 4 is 0 Å².